The number of pyridine rings is 1. The quantitative estimate of drug-likeness (QED) is 0.446. The molecule has 2 aromatic carbocycles. The third-order valence-electron chi connectivity index (χ3n) is 4.75. The Morgan fingerprint density at radius 1 is 1.07 bits per heavy atom. The highest BCUT2D eigenvalue weighted by molar-refractivity contribution is 7.22. The summed E-state index contributed by atoms with van der Waals surface area (Å²) in [6.45, 7) is 2.33. The molecule has 30 heavy (non-hydrogen) atoms. The number of methoxy groups -OCH3 is 2. The molecular weight excluding hydrogens is 398 g/mol. The van der Waals surface area contributed by atoms with Crippen molar-refractivity contribution in [2.45, 2.75) is 13.5 Å². The fourth-order valence-corrected chi connectivity index (χ4v) is 4.22. The standard InChI is InChI=1S/C23H21N3O3S/c1-15-10-11-19(29-3)20-21(15)30-23(25-20)26(14-17-8-4-5-12-24-17)22(27)16-7-6-9-18(13-16)28-2/h4-13H,14H2,1-3H3. The minimum atomic E-state index is -0.171. The van der Waals surface area contributed by atoms with Crippen LogP contribution in [0.15, 0.2) is 60.8 Å². The average Bonchev–Trinajstić information content (AvgIpc) is 3.24. The van der Waals surface area contributed by atoms with Gasteiger partial charge in [0, 0.05) is 11.8 Å². The van der Waals surface area contributed by atoms with Gasteiger partial charge in [-0.15, -0.1) is 0 Å². The number of aryl methyl sites for hydroxylation is 1. The summed E-state index contributed by atoms with van der Waals surface area (Å²) in [5.74, 6) is 1.14. The van der Waals surface area contributed by atoms with Gasteiger partial charge in [-0.05, 0) is 48.9 Å². The van der Waals surface area contributed by atoms with Crippen LogP contribution in [-0.2, 0) is 6.54 Å². The highest BCUT2D eigenvalue weighted by Gasteiger charge is 2.24. The van der Waals surface area contributed by atoms with Gasteiger partial charge in [0.25, 0.3) is 5.91 Å². The Kier molecular flexibility index (Phi) is 5.63. The van der Waals surface area contributed by atoms with E-state index in [4.69, 9.17) is 14.5 Å². The molecule has 6 nitrogen and oxygen atoms in total. The SMILES string of the molecule is COc1cccc(C(=O)N(Cc2ccccn2)c2nc3c(OC)ccc(C)c3s2)c1. The van der Waals surface area contributed by atoms with E-state index >= 15 is 0 Å². The highest BCUT2D eigenvalue weighted by atomic mass is 32.1. The Morgan fingerprint density at radius 3 is 2.67 bits per heavy atom. The lowest BCUT2D eigenvalue weighted by molar-refractivity contribution is 0.0984. The Bertz CT molecular complexity index is 1190. The van der Waals surface area contributed by atoms with Crippen LogP contribution in [0.5, 0.6) is 11.5 Å². The molecule has 0 bridgehead atoms. The first-order valence-corrected chi connectivity index (χ1v) is 10.2. The summed E-state index contributed by atoms with van der Waals surface area (Å²) in [6.07, 6.45) is 1.72. The number of anilines is 1. The maximum absolute atomic E-state index is 13.5. The van der Waals surface area contributed by atoms with E-state index in [9.17, 15) is 4.79 Å². The van der Waals surface area contributed by atoms with Crippen LogP contribution in [0.25, 0.3) is 10.2 Å². The zero-order valence-corrected chi connectivity index (χ0v) is 17.8. The minimum absolute atomic E-state index is 0.171. The second kappa shape index (κ2) is 8.51. The first-order valence-electron chi connectivity index (χ1n) is 9.40. The van der Waals surface area contributed by atoms with E-state index in [1.54, 1.807) is 43.5 Å². The van der Waals surface area contributed by atoms with E-state index in [1.807, 2.05) is 43.3 Å². The molecule has 4 rings (SSSR count). The summed E-state index contributed by atoms with van der Waals surface area (Å²) in [5.41, 5.74) is 3.13. The number of hydrogen-bond acceptors (Lipinski definition) is 6. The van der Waals surface area contributed by atoms with Gasteiger partial charge in [-0.2, -0.15) is 0 Å². The number of carbonyl (C=O) groups excluding carboxylic acids is 1. The lowest BCUT2D eigenvalue weighted by Gasteiger charge is -2.20. The fourth-order valence-electron chi connectivity index (χ4n) is 3.17. The molecule has 4 aromatic rings. The maximum atomic E-state index is 13.5. The van der Waals surface area contributed by atoms with Crippen molar-refractivity contribution in [2.75, 3.05) is 19.1 Å². The average molecular weight is 420 g/mol. The van der Waals surface area contributed by atoms with Crippen molar-refractivity contribution in [3.8, 4) is 11.5 Å². The van der Waals surface area contributed by atoms with Crippen LogP contribution in [0.1, 0.15) is 21.6 Å². The third-order valence-corrected chi connectivity index (χ3v) is 5.96. The van der Waals surface area contributed by atoms with Crippen LogP contribution in [0.4, 0.5) is 5.13 Å². The smallest absolute Gasteiger partial charge is 0.260 e. The lowest BCUT2D eigenvalue weighted by atomic mass is 10.2. The minimum Gasteiger partial charge on any atom is -0.497 e. The molecular formula is C23H21N3O3S. The first-order chi connectivity index (χ1) is 14.6. The molecule has 0 atom stereocenters. The Morgan fingerprint density at radius 2 is 1.93 bits per heavy atom. The summed E-state index contributed by atoms with van der Waals surface area (Å²) >= 11 is 1.47. The van der Waals surface area contributed by atoms with E-state index in [0.717, 1.165) is 21.5 Å². The number of thiazole rings is 1. The van der Waals surface area contributed by atoms with Gasteiger partial charge in [-0.25, -0.2) is 4.98 Å². The first kappa shape index (κ1) is 19.8. The van der Waals surface area contributed by atoms with Crippen LogP contribution in [0.2, 0.25) is 0 Å². The molecule has 7 heteroatoms. The van der Waals surface area contributed by atoms with Crippen LogP contribution in [0, 0.1) is 6.92 Å². The fraction of sp³-hybridized carbons (Fsp3) is 0.174. The number of ether oxygens (including phenoxy) is 2. The Hall–Kier alpha value is -3.45. The molecule has 0 aliphatic rings. The molecule has 0 aliphatic carbocycles. The summed E-state index contributed by atoms with van der Waals surface area (Å²) in [6, 6.07) is 16.7. The highest BCUT2D eigenvalue weighted by Crippen LogP contribution is 2.37. The number of benzene rings is 2. The van der Waals surface area contributed by atoms with Crippen molar-refractivity contribution in [3.63, 3.8) is 0 Å². The predicted octanol–water partition coefficient (Wildman–Crippen LogP) is 4.86. The third kappa shape index (κ3) is 3.84. The van der Waals surface area contributed by atoms with Crippen molar-refractivity contribution in [1.29, 1.82) is 0 Å². The van der Waals surface area contributed by atoms with Gasteiger partial charge in [-0.3, -0.25) is 14.7 Å². The summed E-state index contributed by atoms with van der Waals surface area (Å²) < 4.78 is 11.8. The van der Waals surface area contributed by atoms with Crippen LogP contribution in [0.3, 0.4) is 0 Å². The molecule has 152 valence electrons. The van der Waals surface area contributed by atoms with Crippen molar-refractivity contribution < 1.29 is 14.3 Å². The molecule has 0 N–H and O–H groups in total. The van der Waals surface area contributed by atoms with Gasteiger partial charge in [-0.1, -0.05) is 29.5 Å². The van der Waals surface area contributed by atoms with Gasteiger partial charge in [0.15, 0.2) is 5.13 Å². The molecule has 0 radical (unpaired) electrons. The van der Waals surface area contributed by atoms with Crippen molar-refractivity contribution in [1.82, 2.24) is 9.97 Å². The number of aromatic nitrogens is 2. The van der Waals surface area contributed by atoms with Gasteiger partial charge in [0.05, 0.1) is 31.2 Å². The van der Waals surface area contributed by atoms with E-state index in [2.05, 4.69) is 4.98 Å². The van der Waals surface area contributed by atoms with Gasteiger partial charge in [0.1, 0.15) is 17.0 Å². The van der Waals surface area contributed by atoms with Crippen LogP contribution < -0.4 is 14.4 Å². The van der Waals surface area contributed by atoms with E-state index < -0.39 is 0 Å². The van der Waals surface area contributed by atoms with Gasteiger partial charge in [0.2, 0.25) is 0 Å². The van der Waals surface area contributed by atoms with Gasteiger partial charge < -0.3 is 9.47 Å². The zero-order chi connectivity index (χ0) is 21.1. The molecule has 2 heterocycles. The summed E-state index contributed by atoms with van der Waals surface area (Å²) in [5, 5.41) is 0.594. The largest absolute Gasteiger partial charge is 0.497 e. The second-order valence-corrected chi connectivity index (χ2v) is 7.68. The Labute approximate surface area is 178 Å². The second-order valence-electron chi connectivity index (χ2n) is 6.70. The molecule has 2 aromatic heterocycles. The van der Waals surface area contributed by atoms with Crippen molar-refractivity contribution >= 4 is 32.6 Å². The number of rotatable bonds is 6. The number of nitrogens with zero attached hydrogens (tertiary/aromatic N) is 3. The zero-order valence-electron chi connectivity index (χ0n) is 17.0. The van der Waals surface area contributed by atoms with E-state index in [-0.39, 0.29) is 5.91 Å². The number of fused-ring (bicyclic) bond motifs is 1. The van der Waals surface area contributed by atoms with E-state index in [1.165, 1.54) is 11.3 Å². The normalized spacial score (nSPS) is 10.8. The maximum Gasteiger partial charge on any atom is 0.260 e. The monoisotopic (exact) mass is 419 g/mol. The number of amides is 1. The van der Waals surface area contributed by atoms with Crippen LogP contribution >= 0.6 is 11.3 Å². The molecule has 0 aliphatic heterocycles. The lowest BCUT2D eigenvalue weighted by Crippen LogP contribution is -2.30. The topological polar surface area (TPSA) is 64.5 Å². The summed E-state index contributed by atoms with van der Waals surface area (Å²) in [7, 11) is 3.20. The van der Waals surface area contributed by atoms with Crippen molar-refractivity contribution in [2.24, 2.45) is 0 Å². The molecule has 0 saturated heterocycles. The molecule has 0 saturated carbocycles. The Balaban J connectivity index is 1.82. The summed E-state index contributed by atoms with van der Waals surface area (Å²) in [4.78, 5) is 24.3. The van der Waals surface area contributed by atoms with Crippen LogP contribution in [-0.4, -0.2) is 30.1 Å². The number of carbonyl (C=O) groups is 1. The van der Waals surface area contributed by atoms with Gasteiger partial charge >= 0.3 is 0 Å². The molecule has 0 fully saturated rings. The molecule has 1 amide bonds. The predicted molar refractivity (Wildman–Crippen MR) is 119 cm³/mol. The van der Waals surface area contributed by atoms with Crippen molar-refractivity contribution in [3.05, 3.63) is 77.6 Å². The molecule has 0 unspecified atom stereocenters. The number of hydrogen-bond donors (Lipinski definition) is 0. The van der Waals surface area contributed by atoms with E-state index in [0.29, 0.717) is 28.7 Å². The molecule has 0 spiro atoms.